The molecular weight excluding hydrogens is 230 g/mol. The highest BCUT2D eigenvalue weighted by molar-refractivity contribution is 5.81. The Morgan fingerprint density at radius 1 is 1.61 bits per heavy atom. The van der Waals surface area contributed by atoms with Gasteiger partial charge in [0.15, 0.2) is 0 Å². The van der Waals surface area contributed by atoms with E-state index in [0.29, 0.717) is 13.2 Å². The van der Waals surface area contributed by atoms with Crippen LogP contribution in [0.4, 0.5) is 5.82 Å². The third-order valence-electron chi connectivity index (χ3n) is 2.97. The molecule has 0 bridgehead atoms. The van der Waals surface area contributed by atoms with E-state index in [1.165, 1.54) is 0 Å². The second kappa shape index (κ2) is 5.82. The monoisotopic (exact) mass is 249 g/mol. The van der Waals surface area contributed by atoms with E-state index in [0.717, 1.165) is 24.2 Å². The molecule has 0 aliphatic carbocycles. The van der Waals surface area contributed by atoms with Gasteiger partial charge in [0.25, 0.3) is 0 Å². The lowest BCUT2D eigenvalue weighted by molar-refractivity contribution is -0.130. The van der Waals surface area contributed by atoms with E-state index < -0.39 is 0 Å². The molecule has 5 nitrogen and oxygen atoms in total. The van der Waals surface area contributed by atoms with Crippen molar-refractivity contribution in [1.82, 2.24) is 10.3 Å². The number of anilines is 1. The molecule has 1 aromatic rings. The van der Waals surface area contributed by atoms with E-state index in [9.17, 15) is 4.79 Å². The summed E-state index contributed by atoms with van der Waals surface area (Å²) in [5.41, 5.74) is 1.01. The van der Waals surface area contributed by atoms with E-state index in [-0.39, 0.29) is 12.0 Å². The van der Waals surface area contributed by atoms with E-state index in [1.807, 2.05) is 31.1 Å². The second-order valence-corrected chi connectivity index (χ2v) is 4.60. The summed E-state index contributed by atoms with van der Waals surface area (Å²) in [6, 6.07) is 3.85. The average molecular weight is 249 g/mol. The summed E-state index contributed by atoms with van der Waals surface area (Å²) in [5.74, 6) is 0.853. The zero-order valence-electron chi connectivity index (χ0n) is 10.8. The van der Waals surface area contributed by atoms with Gasteiger partial charge < -0.3 is 15.0 Å². The van der Waals surface area contributed by atoms with Gasteiger partial charge in [0.2, 0.25) is 5.91 Å². The molecule has 1 aromatic heterocycles. The van der Waals surface area contributed by atoms with E-state index in [2.05, 4.69) is 10.3 Å². The molecule has 0 radical (unpaired) electrons. The minimum Gasteiger partial charge on any atom is -0.368 e. The summed E-state index contributed by atoms with van der Waals surface area (Å²) in [7, 11) is 3.88. The molecule has 0 unspecified atom stereocenters. The summed E-state index contributed by atoms with van der Waals surface area (Å²) in [6.07, 6.45) is 3.26. The lowest BCUT2D eigenvalue weighted by atomic mass is 10.2. The Balaban J connectivity index is 1.95. The standard InChI is InChI=1S/C13H19N3O2/c1-16(2)12-10(5-3-7-14-12)9-15-13(17)11-6-4-8-18-11/h3,5,7,11H,4,6,8-9H2,1-2H3,(H,15,17)/t11-/m1/s1. The normalized spacial score (nSPS) is 18.7. The van der Waals surface area contributed by atoms with Crippen LogP contribution in [0.5, 0.6) is 0 Å². The first-order valence-electron chi connectivity index (χ1n) is 6.19. The van der Waals surface area contributed by atoms with Crippen molar-refractivity contribution in [1.29, 1.82) is 0 Å². The SMILES string of the molecule is CN(C)c1ncccc1CNC(=O)[C@H]1CCCO1. The molecule has 1 amide bonds. The molecule has 1 fully saturated rings. The smallest absolute Gasteiger partial charge is 0.249 e. The van der Waals surface area contributed by atoms with Crippen molar-refractivity contribution in [3.8, 4) is 0 Å². The molecule has 2 rings (SSSR count). The number of amides is 1. The molecule has 0 saturated carbocycles. The van der Waals surface area contributed by atoms with Crippen LogP contribution in [0.25, 0.3) is 0 Å². The highest BCUT2D eigenvalue weighted by Gasteiger charge is 2.23. The Labute approximate surface area is 107 Å². The largest absolute Gasteiger partial charge is 0.368 e. The minimum atomic E-state index is -0.274. The molecule has 5 heteroatoms. The minimum absolute atomic E-state index is 0.0268. The molecule has 1 saturated heterocycles. The quantitative estimate of drug-likeness (QED) is 0.863. The number of carbonyl (C=O) groups excluding carboxylic acids is 1. The van der Waals surface area contributed by atoms with Crippen LogP contribution in [0.15, 0.2) is 18.3 Å². The van der Waals surface area contributed by atoms with E-state index in [4.69, 9.17) is 4.74 Å². The number of aromatic nitrogens is 1. The lowest BCUT2D eigenvalue weighted by Gasteiger charge is -2.17. The van der Waals surface area contributed by atoms with Crippen molar-refractivity contribution in [2.45, 2.75) is 25.5 Å². The van der Waals surface area contributed by atoms with Crippen LogP contribution in [-0.4, -0.2) is 37.7 Å². The highest BCUT2D eigenvalue weighted by Crippen LogP contribution is 2.15. The van der Waals surface area contributed by atoms with Crippen LogP contribution in [0.2, 0.25) is 0 Å². The first kappa shape index (κ1) is 12.8. The summed E-state index contributed by atoms with van der Waals surface area (Å²) in [5, 5.41) is 2.91. The Kier molecular flexibility index (Phi) is 4.15. The Morgan fingerprint density at radius 3 is 3.11 bits per heavy atom. The summed E-state index contributed by atoms with van der Waals surface area (Å²) in [4.78, 5) is 18.1. The third kappa shape index (κ3) is 2.98. The topological polar surface area (TPSA) is 54.5 Å². The van der Waals surface area contributed by atoms with Gasteiger partial charge in [-0.1, -0.05) is 6.07 Å². The number of ether oxygens (including phenoxy) is 1. The number of nitrogens with zero attached hydrogens (tertiary/aromatic N) is 2. The molecular formula is C13H19N3O2. The Hall–Kier alpha value is -1.62. The lowest BCUT2D eigenvalue weighted by Crippen LogP contribution is -2.34. The van der Waals surface area contributed by atoms with Crippen LogP contribution >= 0.6 is 0 Å². The van der Waals surface area contributed by atoms with Crippen molar-refractivity contribution < 1.29 is 9.53 Å². The molecule has 1 atom stereocenters. The van der Waals surface area contributed by atoms with Crippen molar-refractivity contribution >= 4 is 11.7 Å². The van der Waals surface area contributed by atoms with Gasteiger partial charge >= 0.3 is 0 Å². The molecule has 1 aliphatic rings. The molecule has 0 spiro atoms. The van der Waals surface area contributed by atoms with E-state index >= 15 is 0 Å². The van der Waals surface area contributed by atoms with Gasteiger partial charge in [-0.25, -0.2) is 4.98 Å². The molecule has 1 aliphatic heterocycles. The predicted molar refractivity (Wildman–Crippen MR) is 69.4 cm³/mol. The van der Waals surface area contributed by atoms with Gasteiger partial charge in [-0.3, -0.25) is 4.79 Å². The van der Waals surface area contributed by atoms with Gasteiger partial charge in [-0.15, -0.1) is 0 Å². The molecule has 98 valence electrons. The van der Waals surface area contributed by atoms with Gasteiger partial charge in [0.05, 0.1) is 0 Å². The van der Waals surface area contributed by atoms with Gasteiger partial charge in [-0.2, -0.15) is 0 Å². The van der Waals surface area contributed by atoms with Crippen molar-refractivity contribution in [3.63, 3.8) is 0 Å². The Morgan fingerprint density at radius 2 is 2.44 bits per heavy atom. The fourth-order valence-corrected chi connectivity index (χ4v) is 2.05. The average Bonchev–Trinajstić information content (AvgIpc) is 2.90. The van der Waals surface area contributed by atoms with Gasteiger partial charge in [-0.05, 0) is 18.9 Å². The van der Waals surface area contributed by atoms with Crippen LogP contribution in [0.1, 0.15) is 18.4 Å². The van der Waals surface area contributed by atoms with Crippen LogP contribution in [0.3, 0.4) is 0 Å². The maximum absolute atomic E-state index is 11.8. The van der Waals surface area contributed by atoms with Gasteiger partial charge in [0, 0.05) is 39.0 Å². The zero-order chi connectivity index (χ0) is 13.0. The predicted octanol–water partition coefficient (Wildman–Crippen LogP) is 0.943. The zero-order valence-corrected chi connectivity index (χ0v) is 10.8. The van der Waals surface area contributed by atoms with E-state index in [1.54, 1.807) is 6.20 Å². The number of carbonyl (C=O) groups is 1. The number of rotatable bonds is 4. The van der Waals surface area contributed by atoms with Gasteiger partial charge in [0.1, 0.15) is 11.9 Å². The first-order chi connectivity index (χ1) is 8.68. The Bertz CT molecular complexity index is 414. The fourth-order valence-electron chi connectivity index (χ4n) is 2.05. The van der Waals surface area contributed by atoms with Crippen LogP contribution in [-0.2, 0) is 16.1 Å². The highest BCUT2D eigenvalue weighted by atomic mass is 16.5. The molecule has 0 aromatic carbocycles. The second-order valence-electron chi connectivity index (χ2n) is 4.60. The maximum atomic E-state index is 11.8. The molecule has 1 N–H and O–H groups in total. The summed E-state index contributed by atoms with van der Waals surface area (Å²) in [6.45, 7) is 1.17. The van der Waals surface area contributed by atoms with Crippen LogP contribution in [0, 0.1) is 0 Å². The third-order valence-corrected chi connectivity index (χ3v) is 2.97. The maximum Gasteiger partial charge on any atom is 0.249 e. The van der Waals surface area contributed by atoms with Crippen LogP contribution < -0.4 is 10.2 Å². The number of hydrogen-bond donors (Lipinski definition) is 1. The van der Waals surface area contributed by atoms with Crippen molar-refractivity contribution in [2.75, 3.05) is 25.6 Å². The van der Waals surface area contributed by atoms with Crippen molar-refractivity contribution in [3.05, 3.63) is 23.9 Å². The number of hydrogen-bond acceptors (Lipinski definition) is 4. The number of nitrogens with one attached hydrogen (secondary N) is 1. The number of pyridine rings is 1. The summed E-state index contributed by atoms with van der Waals surface area (Å²) >= 11 is 0. The molecule has 2 heterocycles. The fraction of sp³-hybridized carbons (Fsp3) is 0.538. The molecule has 18 heavy (non-hydrogen) atoms. The first-order valence-corrected chi connectivity index (χ1v) is 6.19. The summed E-state index contributed by atoms with van der Waals surface area (Å²) < 4.78 is 5.34. The van der Waals surface area contributed by atoms with Crippen molar-refractivity contribution in [2.24, 2.45) is 0 Å².